The van der Waals surface area contributed by atoms with Crippen LogP contribution in [0.4, 0.5) is 5.69 Å². The van der Waals surface area contributed by atoms with Crippen LogP contribution < -0.4 is 15.2 Å². The zero-order chi connectivity index (χ0) is 14.3. The zero-order valence-corrected chi connectivity index (χ0v) is 12.5. The molecule has 1 rings (SSSR count). The summed E-state index contributed by atoms with van der Waals surface area (Å²) in [5, 5.41) is 0. The molecule has 4 heteroatoms. The van der Waals surface area contributed by atoms with E-state index in [0.717, 1.165) is 43.8 Å². The van der Waals surface area contributed by atoms with Gasteiger partial charge in [-0.05, 0) is 32.0 Å². The molecule has 0 aromatic heterocycles. The average Bonchev–Trinajstić information content (AvgIpc) is 2.38. The van der Waals surface area contributed by atoms with E-state index in [2.05, 4.69) is 18.7 Å². The van der Waals surface area contributed by atoms with Crippen LogP contribution in [0.1, 0.15) is 32.3 Å². The van der Waals surface area contributed by atoms with Crippen molar-refractivity contribution in [1.29, 1.82) is 0 Å². The first-order valence-electron chi connectivity index (χ1n) is 6.88. The monoisotopic (exact) mass is 266 g/mol. The van der Waals surface area contributed by atoms with E-state index in [9.17, 15) is 0 Å². The van der Waals surface area contributed by atoms with E-state index in [1.165, 1.54) is 0 Å². The van der Waals surface area contributed by atoms with Crippen molar-refractivity contribution in [3.63, 3.8) is 0 Å². The van der Waals surface area contributed by atoms with Gasteiger partial charge in [-0.1, -0.05) is 13.8 Å². The summed E-state index contributed by atoms with van der Waals surface area (Å²) in [5.41, 5.74) is 7.72. The maximum atomic E-state index is 5.93. The van der Waals surface area contributed by atoms with Crippen LogP contribution in [0, 0.1) is 0 Å². The maximum Gasteiger partial charge on any atom is 0.165 e. The Morgan fingerprint density at radius 2 is 1.68 bits per heavy atom. The summed E-state index contributed by atoms with van der Waals surface area (Å²) < 4.78 is 10.8. The van der Waals surface area contributed by atoms with Crippen molar-refractivity contribution in [2.75, 3.05) is 33.0 Å². The molecule has 0 saturated heterocycles. The number of hydrogen-bond acceptors (Lipinski definition) is 4. The number of methoxy groups -OCH3 is 2. The van der Waals surface area contributed by atoms with Crippen molar-refractivity contribution in [2.24, 2.45) is 0 Å². The van der Waals surface area contributed by atoms with Crippen molar-refractivity contribution >= 4 is 5.69 Å². The number of nitrogens with two attached hydrogens (primary N) is 1. The Labute approximate surface area is 116 Å². The molecule has 0 aliphatic rings. The number of nitrogens with zero attached hydrogens (tertiary/aromatic N) is 1. The predicted octanol–water partition coefficient (Wildman–Crippen LogP) is 2.91. The lowest BCUT2D eigenvalue weighted by Crippen LogP contribution is -2.25. The van der Waals surface area contributed by atoms with Gasteiger partial charge < -0.3 is 15.2 Å². The highest BCUT2D eigenvalue weighted by Gasteiger charge is 2.14. The fraction of sp³-hybridized carbons (Fsp3) is 0.600. The molecular formula is C15H26N2O2. The van der Waals surface area contributed by atoms with Crippen LogP contribution in [-0.2, 0) is 6.54 Å². The molecule has 0 fully saturated rings. The third-order valence-corrected chi connectivity index (χ3v) is 3.05. The third kappa shape index (κ3) is 4.31. The van der Waals surface area contributed by atoms with E-state index in [1.54, 1.807) is 20.3 Å². The van der Waals surface area contributed by atoms with Crippen LogP contribution in [0.2, 0.25) is 0 Å². The zero-order valence-electron chi connectivity index (χ0n) is 12.5. The van der Waals surface area contributed by atoms with Crippen LogP contribution in [0.15, 0.2) is 12.1 Å². The van der Waals surface area contributed by atoms with E-state index < -0.39 is 0 Å². The first-order chi connectivity index (χ1) is 9.15. The fourth-order valence-electron chi connectivity index (χ4n) is 2.33. The first-order valence-corrected chi connectivity index (χ1v) is 6.88. The van der Waals surface area contributed by atoms with Gasteiger partial charge in [-0.25, -0.2) is 0 Å². The summed E-state index contributed by atoms with van der Waals surface area (Å²) in [7, 11) is 3.30. The number of ether oxygens (including phenoxy) is 2. The van der Waals surface area contributed by atoms with Gasteiger partial charge in [0, 0.05) is 23.9 Å². The second-order valence-corrected chi connectivity index (χ2v) is 4.69. The molecule has 0 unspecified atom stereocenters. The van der Waals surface area contributed by atoms with Crippen LogP contribution in [-0.4, -0.2) is 32.2 Å². The minimum Gasteiger partial charge on any atom is -0.493 e. The molecule has 0 saturated carbocycles. The molecule has 108 valence electrons. The van der Waals surface area contributed by atoms with Gasteiger partial charge in [0.1, 0.15) is 0 Å². The number of rotatable bonds is 8. The van der Waals surface area contributed by atoms with Gasteiger partial charge in [0.2, 0.25) is 0 Å². The summed E-state index contributed by atoms with van der Waals surface area (Å²) in [6, 6.07) is 3.77. The minimum atomic E-state index is 0.699. The summed E-state index contributed by atoms with van der Waals surface area (Å²) in [6.45, 7) is 7.38. The van der Waals surface area contributed by atoms with Crippen LogP contribution >= 0.6 is 0 Å². The van der Waals surface area contributed by atoms with Gasteiger partial charge in [0.05, 0.1) is 14.2 Å². The van der Waals surface area contributed by atoms with Crippen LogP contribution in [0.3, 0.4) is 0 Å². The van der Waals surface area contributed by atoms with Gasteiger partial charge in [-0.3, -0.25) is 4.90 Å². The molecule has 0 atom stereocenters. The summed E-state index contributed by atoms with van der Waals surface area (Å²) in [6.07, 6.45) is 2.28. The third-order valence-electron chi connectivity index (χ3n) is 3.05. The smallest absolute Gasteiger partial charge is 0.165 e. The number of benzene rings is 1. The molecule has 1 aromatic carbocycles. The number of hydrogen-bond donors (Lipinski definition) is 1. The Morgan fingerprint density at radius 1 is 1.05 bits per heavy atom. The van der Waals surface area contributed by atoms with Crippen molar-refractivity contribution in [2.45, 2.75) is 33.2 Å². The van der Waals surface area contributed by atoms with Gasteiger partial charge in [-0.2, -0.15) is 0 Å². The second kappa shape index (κ2) is 7.89. The lowest BCUT2D eigenvalue weighted by atomic mass is 10.1. The van der Waals surface area contributed by atoms with E-state index in [4.69, 9.17) is 15.2 Å². The van der Waals surface area contributed by atoms with E-state index in [1.807, 2.05) is 6.07 Å². The highest BCUT2D eigenvalue weighted by Crippen LogP contribution is 2.34. The second-order valence-electron chi connectivity index (χ2n) is 4.69. The lowest BCUT2D eigenvalue weighted by Gasteiger charge is -2.23. The van der Waals surface area contributed by atoms with E-state index >= 15 is 0 Å². The molecule has 0 aliphatic carbocycles. The van der Waals surface area contributed by atoms with Gasteiger partial charge in [-0.15, -0.1) is 0 Å². The number of anilines is 1. The van der Waals surface area contributed by atoms with Crippen molar-refractivity contribution in [3.8, 4) is 11.5 Å². The molecule has 0 aliphatic heterocycles. The molecule has 19 heavy (non-hydrogen) atoms. The molecule has 4 nitrogen and oxygen atoms in total. The Balaban J connectivity index is 3.00. The molecular weight excluding hydrogens is 240 g/mol. The first kappa shape index (κ1) is 15.6. The summed E-state index contributed by atoms with van der Waals surface area (Å²) in [4.78, 5) is 2.41. The van der Waals surface area contributed by atoms with Gasteiger partial charge >= 0.3 is 0 Å². The fourth-order valence-corrected chi connectivity index (χ4v) is 2.33. The Bertz CT molecular complexity index is 388. The minimum absolute atomic E-state index is 0.699. The molecule has 0 amide bonds. The Kier molecular flexibility index (Phi) is 6.50. The Hall–Kier alpha value is -1.42. The largest absolute Gasteiger partial charge is 0.493 e. The van der Waals surface area contributed by atoms with Crippen molar-refractivity contribution in [1.82, 2.24) is 4.90 Å². The molecule has 0 heterocycles. The van der Waals surface area contributed by atoms with E-state index in [0.29, 0.717) is 11.4 Å². The van der Waals surface area contributed by atoms with Crippen LogP contribution in [0.5, 0.6) is 11.5 Å². The highest BCUT2D eigenvalue weighted by molar-refractivity contribution is 5.57. The van der Waals surface area contributed by atoms with Crippen LogP contribution in [0.25, 0.3) is 0 Å². The molecule has 2 N–H and O–H groups in total. The van der Waals surface area contributed by atoms with Crippen molar-refractivity contribution < 1.29 is 9.47 Å². The molecule has 1 aromatic rings. The van der Waals surface area contributed by atoms with Crippen molar-refractivity contribution in [3.05, 3.63) is 17.7 Å². The standard InChI is InChI=1S/C15H26N2O2/c1-5-7-17(8-6-2)11-12-9-13(16)10-14(18-3)15(12)19-4/h9-10H,5-8,11,16H2,1-4H3. The normalized spacial score (nSPS) is 10.8. The lowest BCUT2D eigenvalue weighted by molar-refractivity contribution is 0.260. The highest BCUT2D eigenvalue weighted by atomic mass is 16.5. The quantitative estimate of drug-likeness (QED) is 0.735. The van der Waals surface area contributed by atoms with Gasteiger partial charge in [0.25, 0.3) is 0 Å². The SMILES string of the molecule is CCCN(CCC)Cc1cc(N)cc(OC)c1OC. The predicted molar refractivity (Wildman–Crippen MR) is 79.8 cm³/mol. The Morgan fingerprint density at radius 3 is 2.16 bits per heavy atom. The van der Waals surface area contributed by atoms with E-state index in [-0.39, 0.29) is 0 Å². The molecule has 0 spiro atoms. The summed E-state index contributed by atoms with van der Waals surface area (Å²) >= 11 is 0. The maximum absolute atomic E-state index is 5.93. The average molecular weight is 266 g/mol. The molecule has 0 radical (unpaired) electrons. The summed E-state index contributed by atoms with van der Waals surface area (Å²) in [5.74, 6) is 1.49. The topological polar surface area (TPSA) is 47.7 Å². The van der Waals surface area contributed by atoms with Gasteiger partial charge in [0.15, 0.2) is 11.5 Å². The number of nitrogen functional groups attached to an aromatic ring is 1. The molecule has 0 bridgehead atoms.